The Labute approximate surface area is 131 Å². The Bertz CT molecular complexity index is 708. The van der Waals surface area contributed by atoms with E-state index in [2.05, 4.69) is 10.4 Å². The Morgan fingerprint density at radius 3 is 2.55 bits per heavy atom. The topological polar surface area (TPSA) is 79.2 Å². The number of halogens is 1. The maximum absolute atomic E-state index is 14.1. The van der Waals surface area contributed by atoms with Gasteiger partial charge in [0, 0.05) is 12.6 Å². The first-order valence-corrected chi connectivity index (χ1v) is 9.06. The van der Waals surface area contributed by atoms with Crippen LogP contribution in [0, 0.1) is 17.1 Å². The number of hydrogen-bond acceptors (Lipinski definition) is 4. The van der Waals surface area contributed by atoms with Crippen LogP contribution in [-0.4, -0.2) is 21.8 Å². The van der Waals surface area contributed by atoms with E-state index in [4.69, 9.17) is 5.73 Å². The zero-order valence-electron chi connectivity index (χ0n) is 13.0. The van der Waals surface area contributed by atoms with E-state index in [0.29, 0.717) is 18.4 Å². The Morgan fingerprint density at radius 1 is 1.45 bits per heavy atom. The Balaban J connectivity index is 2.45. The van der Waals surface area contributed by atoms with Crippen molar-refractivity contribution in [1.82, 2.24) is 0 Å². The quantitative estimate of drug-likeness (QED) is 0.925. The van der Waals surface area contributed by atoms with E-state index >= 15 is 0 Å². The van der Waals surface area contributed by atoms with Gasteiger partial charge in [0.25, 0.3) is 0 Å². The molecule has 0 unspecified atom stereocenters. The van der Waals surface area contributed by atoms with Gasteiger partial charge in [0.15, 0.2) is 0 Å². The van der Waals surface area contributed by atoms with Gasteiger partial charge in [-0.1, -0.05) is 31.0 Å². The third-order valence-corrected chi connectivity index (χ3v) is 7.81. The minimum absolute atomic E-state index is 0.0228. The standard InChI is InChI=1S/C16H22FN3OS/c1-15(19,13-7-3-4-8-14(13)17)12-22(21,20-2)16(11-18)9-5-6-10-16/h3-4,7-8H,5-6,9-10,12,19H2,1-2H3/t15-,22-/m0/s1. The highest BCUT2D eigenvalue weighted by Gasteiger charge is 2.47. The van der Waals surface area contributed by atoms with Gasteiger partial charge in [-0.05, 0) is 25.8 Å². The predicted octanol–water partition coefficient (Wildman–Crippen LogP) is 2.93. The maximum Gasteiger partial charge on any atom is 0.140 e. The molecule has 1 saturated carbocycles. The maximum atomic E-state index is 14.1. The average Bonchev–Trinajstić information content (AvgIpc) is 2.97. The van der Waals surface area contributed by atoms with E-state index in [1.54, 1.807) is 25.1 Å². The molecule has 0 amide bonds. The third-order valence-electron chi connectivity index (χ3n) is 4.51. The van der Waals surface area contributed by atoms with E-state index in [-0.39, 0.29) is 5.75 Å². The summed E-state index contributed by atoms with van der Waals surface area (Å²) in [6, 6.07) is 8.46. The number of nitrogens with zero attached hydrogens (tertiary/aromatic N) is 2. The molecule has 2 rings (SSSR count). The van der Waals surface area contributed by atoms with Crippen LogP contribution in [-0.2, 0) is 15.3 Å². The molecule has 1 aliphatic rings. The minimum Gasteiger partial charge on any atom is -0.321 e. The first-order chi connectivity index (χ1) is 10.3. The molecule has 2 N–H and O–H groups in total. The van der Waals surface area contributed by atoms with Crippen LogP contribution in [0.5, 0.6) is 0 Å². The molecule has 0 bridgehead atoms. The zero-order valence-corrected chi connectivity index (χ0v) is 13.8. The van der Waals surface area contributed by atoms with Gasteiger partial charge in [-0.25, -0.2) is 13.0 Å². The molecular formula is C16H22FN3OS. The second-order valence-electron chi connectivity index (χ2n) is 6.18. The van der Waals surface area contributed by atoms with Gasteiger partial charge in [-0.15, -0.1) is 0 Å². The van der Waals surface area contributed by atoms with Gasteiger partial charge in [0.05, 0.1) is 27.1 Å². The van der Waals surface area contributed by atoms with Crippen molar-refractivity contribution in [2.45, 2.75) is 42.9 Å². The summed E-state index contributed by atoms with van der Waals surface area (Å²) in [6.07, 6.45) is 2.85. The molecule has 1 aromatic rings. The van der Waals surface area contributed by atoms with Crippen LogP contribution >= 0.6 is 0 Å². The number of rotatable bonds is 4. The molecule has 2 atom stereocenters. The van der Waals surface area contributed by atoms with Crippen molar-refractivity contribution in [1.29, 1.82) is 5.26 Å². The van der Waals surface area contributed by atoms with Crippen LogP contribution in [0.4, 0.5) is 4.39 Å². The molecule has 120 valence electrons. The van der Waals surface area contributed by atoms with Crippen molar-refractivity contribution in [3.05, 3.63) is 35.6 Å². The van der Waals surface area contributed by atoms with Crippen molar-refractivity contribution in [2.75, 3.05) is 12.8 Å². The molecule has 4 nitrogen and oxygen atoms in total. The van der Waals surface area contributed by atoms with Crippen LogP contribution in [0.1, 0.15) is 38.2 Å². The molecule has 0 heterocycles. The molecule has 0 spiro atoms. The van der Waals surface area contributed by atoms with Gasteiger partial charge >= 0.3 is 0 Å². The Kier molecular flexibility index (Phi) is 4.59. The lowest BCUT2D eigenvalue weighted by molar-refractivity contribution is 0.498. The zero-order chi connectivity index (χ0) is 16.4. The van der Waals surface area contributed by atoms with Crippen LogP contribution in [0.3, 0.4) is 0 Å². The molecule has 6 heteroatoms. The number of nitrogens with two attached hydrogens (primary N) is 1. The number of hydrogen-bond donors (Lipinski definition) is 1. The fourth-order valence-corrected chi connectivity index (χ4v) is 6.03. The smallest absolute Gasteiger partial charge is 0.140 e. The molecule has 0 radical (unpaired) electrons. The predicted molar refractivity (Wildman–Crippen MR) is 86.1 cm³/mol. The Morgan fingerprint density at radius 2 is 2.05 bits per heavy atom. The second kappa shape index (κ2) is 5.98. The summed E-state index contributed by atoms with van der Waals surface area (Å²) in [7, 11) is -1.40. The van der Waals surface area contributed by atoms with Crippen LogP contribution in [0.2, 0.25) is 0 Å². The van der Waals surface area contributed by atoms with E-state index in [0.717, 1.165) is 12.8 Å². The van der Waals surface area contributed by atoms with Gasteiger partial charge in [0.2, 0.25) is 0 Å². The summed E-state index contributed by atoms with van der Waals surface area (Å²) in [5.41, 5.74) is 5.45. The second-order valence-corrected chi connectivity index (χ2v) is 8.89. The highest BCUT2D eigenvalue weighted by Crippen LogP contribution is 2.40. The fourth-order valence-electron chi connectivity index (χ4n) is 3.23. The largest absolute Gasteiger partial charge is 0.321 e. The average molecular weight is 323 g/mol. The summed E-state index contributed by atoms with van der Waals surface area (Å²) in [5, 5.41) is 9.60. The van der Waals surface area contributed by atoms with Crippen LogP contribution in [0.25, 0.3) is 0 Å². The molecule has 22 heavy (non-hydrogen) atoms. The number of nitriles is 1. The summed E-state index contributed by atoms with van der Waals surface area (Å²) < 4.78 is 30.6. The first-order valence-electron chi connectivity index (χ1n) is 7.38. The monoisotopic (exact) mass is 323 g/mol. The molecule has 1 aromatic carbocycles. The van der Waals surface area contributed by atoms with Crippen LogP contribution in [0.15, 0.2) is 28.6 Å². The molecule has 0 aliphatic heterocycles. The summed E-state index contributed by atoms with van der Waals surface area (Å²) in [5.74, 6) is -0.451. The SMILES string of the molecule is CN=[S@](=O)(C[C@](C)(N)c1ccccc1F)C1(C#N)CCCC1. The highest BCUT2D eigenvalue weighted by molar-refractivity contribution is 7.95. The molecule has 1 aliphatic carbocycles. The minimum atomic E-state index is -2.87. The van der Waals surface area contributed by atoms with E-state index in [1.807, 2.05) is 0 Å². The number of benzene rings is 1. The summed E-state index contributed by atoms with van der Waals surface area (Å²) in [6.45, 7) is 1.65. The van der Waals surface area contributed by atoms with E-state index < -0.39 is 25.8 Å². The molecule has 1 fully saturated rings. The molecule has 0 saturated heterocycles. The van der Waals surface area contributed by atoms with Crippen molar-refractivity contribution in [3.8, 4) is 6.07 Å². The third kappa shape index (κ3) is 2.75. The van der Waals surface area contributed by atoms with E-state index in [1.165, 1.54) is 13.1 Å². The normalized spacial score (nSPS) is 22.3. The van der Waals surface area contributed by atoms with Gasteiger partial charge in [-0.3, -0.25) is 0 Å². The van der Waals surface area contributed by atoms with Gasteiger partial charge < -0.3 is 5.73 Å². The van der Waals surface area contributed by atoms with Crippen molar-refractivity contribution in [2.24, 2.45) is 10.1 Å². The van der Waals surface area contributed by atoms with Crippen molar-refractivity contribution >= 4 is 9.73 Å². The van der Waals surface area contributed by atoms with Gasteiger partial charge in [-0.2, -0.15) is 5.26 Å². The molecular weight excluding hydrogens is 301 g/mol. The summed E-state index contributed by atoms with van der Waals surface area (Å²) >= 11 is 0. The Hall–Kier alpha value is -1.45. The van der Waals surface area contributed by atoms with Gasteiger partial charge in [0.1, 0.15) is 10.6 Å². The lowest BCUT2D eigenvalue weighted by atomic mass is 9.95. The lowest BCUT2D eigenvalue weighted by Crippen LogP contribution is -2.47. The van der Waals surface area contributed by atoms with Crippen molar-refractivity contribution < 1.29 is 8.60 Å². The summed E-state index contributed by atoms with van der Waals surface area (Å²) in [4.78, 5) is 0. The van der Waals surface area contributed by atoms with Crippen molar-refractivity contribution in [3.63, 3.8) is 0 Å². The fraction of sp³-hybridized carbons (Fsp3) is 0.562. The van der Waals surface area contributed by atoms with Crippen LogP contribution < -0.4 is 5.73 Å². The highest BCUT2D eigenvalue weighted by atomic mass is 32.2. The lowest BCUT2D eigenvalue weighted by Gasteiger charge is -2.33. The van der Waals surface area contributed by atoms with E-state index in [9.17, 15) is 13.9 Å². The first kappa shape index (κ1) is 16.9. The molecule has 0 aromatic heterocycles.